The molecule has 90 valence electrons. The fourth-order valence-electron chi connectivity index (χ4n) is 2.28. The average molecular weight is 238 g/mol. The van der Waals surface area contributed by atoms with Crippen LogP contribution in [0.4, 0.5) is 0 Å². The van der Waals surface area contributed by atoms with E-state index in [9.17, 15) is 0 Å². The third-order valence-electron chi connectivity index (χ3n) is 3.61. The lowest BCUT2D eigenvalue weighted by Gasteiger charge is -2.22. The van der Waals surface area contributed by atoms with Crippen LogP contribution in [0, 0.1) is 0 Å². The summed E-state index contributed by atoms with van der Waals surface area (Å²) in [6, 6.07) is 0. The topological polar surface area (TPSA) is 24.9 Å². The molecule has 2 rings (SSSR count). The molecule has 1 fully saturated rings. The normalized spacial score (nSPS) is 18.2. The predicted molar refractivity (Wildman–Crippen MR) is 70.2 cm³/mol. The first-order chi connectivity index (χ1) is 7.61. The van der Waals surface area contributed by atoms with Gasteiger partial charge in [0.05, 0.1) is 10.7 Å². The third kappa shape index (κ3) is 2.83. The van der Waals surface area contributed by atoms with Crippen LogP contribution in [0.1, 0.15) is 56.2 Å². The van der Waals surface area contributed by atoms with E-state index < -0.39 is 0 Å². The summed E-state index contributed by atoms with van der Waals surface area (Å²) in [4.78, 5) is 4.80. The van der Waals surface area contributed by atoms with E-state index in [0.717, 1.165) is 12.3 Å². The Labute approximate surface area is 102 Å². The molecule has 1 heterocycles. The molecule has 1 saturated carbocycles. The quantitative estimate of drug-likeness (QED) is 0.870. The molecule has 0 amide bonds. The van der Waals surface area contributed by atoms with Crippen molar-refractivity contribution in [2.45, 2.75) is 57.4 Å². The number of rotatable bonds is 4. The molecule has 0 saturated heterocycles. The molecule has 1 N–H and O–H groups in total. The van der Waals surface area contributed by atoms with Crippen LogP contribution in [0.25, 0.3) is 0 Å². The Morgan fingerprint density at radius 3 is 2.75 bits per heavy atom. The van der Waals surface area contributed by atoms with Crippen molar-refractivity contribution in [2.24, 2.45) is 0 Å². The van der Waals surface area contributed by atoms with Crippen LogP contribution >= 0.6 is 11.3 Å². The van der Waals surface area contributed by atoms with E-state index >= 15 is 0 Å². The van der Waals surface area contributed by atoms with Gasteiger partial charge in [-0.25, -0.2) is 4.98 Å². The minimum Gasteiger partial charge on any atom is -0.314 e. The third-order valence-corrected chi connectivity index (χ3v) is 4.48. The molecule has 2 nitrogen and oxygen atoms in total. The Morgan fingerprint density at radius 1 is 1.44 bits per heavy atom. The molecule has 0 aliphatic heterocycles. The molecular formula is C13H22N2S. The minimum atomic E-state index is 0.158. The molecule has 1 aromatic rings. The fourth-order valence-corrected chi connectivity index (χ4v) is 3.39. The number of aromatic nitrogens is 1. The number of nitrogens with zero attached hydrogens (tertiary/aromatic N) is 1. The highest BCUT2D eigenvalue weighted by molar-refractivity contribution is 7.09. The van der Waals surface area contributed by atoms with Gasteiger partial charge in [-0.2, -0.15) is 0 Å². The van der Waals surface area contributed by atoms with Gasteiger partial charge in [0, 0.05) is 23.3 Å². The predicted octanol–water partition coefficient (Wildman–Crippen LogP) is 3.34. The molecular weight excluding hydrogens is 216 g/mol. The lowest BCUT2D eigenvalue weighted by atomic mass is 10.0. The van der Waals surface area contributed by atoms with Crippen molar-refractivity contribution < 1.29 is 0 Å². The SMILES string of the molecule is CNC(C)(C)Cc1nc(C2CCCC2)cs1. The van der Waals surface area contributed by atoms with Crippen LogP contribution in [-0.2, 0) is 6.42 Å². The highest BCUT2D eigenvalue weighted by Crippen LogP contribution is 2.34. The first kappa shape index (κ1) is 12.1. The first-order valence-electron chi connectivity index (χ1n) is 6.24. The van der Waals surface area contributed by atoms with Crippen molar-refractivity contribution in [1.82, 2.24) is 10.3 Å². The Kier molecular flexibility index (Phi) is 3.65. The monoisotopic (exact) mass is 238 g/mol. The van der Waals surface area contributed by atoms with E-state index in [-0.39, 0.29) is 5.54 Å². The molecule has 0 atom stereocenters. The second-order valence-electron chi connectivity index (χ2n) is 5.46. The maximum absolute atomic E-state index is 4.80. The molecule has 0 spiro atoms. The lowest BCUT2D eigenvalue weighted by Crippen LogP contribution is -2.38. The summed E-state index contributed by atoms with van der Waals surface area (Å²) in [5.41, 5.74) is 1.51. The standard InChI is InChI=1S/C13H22N2S/c1-13(2,14-3)8-12-15-11(9-16-12)10-6-4-5-7-10/h9-10,14H,4-8H2,1-3H3. The Morgan fingerprint density at radius 2 is 2.12 bits per heavy atom. The van der Waals surface area contributed by atoms with Crippen LogP contribution in [0.3, 0.4) is 0 Å². The minimum absolute atomic E-state index is 0.158. The van der Waals surface area contributed by atoms with Gasteiger partial charge in [0.25, 0.3) is 0 Å². The zero-order valence-electron chi connectivity index (χ0n) is 10.5. The van der Waals surface area contributed by atoms with Gasteiger partial charge in [-0.1, -0.05) is 12.8 Å². The first-order valence-corrected chi connectivity index (χ1v) is 7.12. The van der Waals surface area contributed by atoms with Crippen molar-refractivity contribution in [3.8, 4) is 0 Å². The molecule has 0 unspecified atom stereocenters. The fraction of sp³-hybridized carbons (Fsp3) is 0.769. The Balaban J connectivity index is 2.01. The Hall–Kier alpha value is -0.410. The highest BCUT2D eigenvalue weighted by Gasteiger charge is 2.22. The van der Waals surface area contributed by atoms with Crippen molar-refractivity contribution >= 4 is 11.3 Å². The van der Waals surface area contributed by atoms with Crippen molar-refractivity contribution in [1.29, 1.82) is 0 Å². The molecule has 3 heteroatoms. The number of likely N-dealkylation sites (N-methyl/N-ethyl adjacent to an activating group) is 1. The van der Waals surface area contributed by atoms with E-state index in [2.05, 4.69) is 24.5 Å². The van der Waals surface area contributed by atoms with Gasteiger partial charge >= 0.3 is 0 Å². The van der Waals surface area contributed by atoms with Crippen molar-refractivity contribution in [3.05, 3.63) is 16.1 Å². The van der Waals surface area contributed by atoms with E-state index in [1.165, 1.54) is 36.4 Å². The Bertz CT molecular complexity index is 337. The van der Waals surface area contributed by atoms with Gasteiger partial charge in [0.15, 0.2) is 0 Å². The number of hydrogen-bond donors (Lipinski definition) is 1. The van der Waals surface area contributed by atoms with E-state index in [1.807, 2.05) is 18.4 Å². The number of thiazole rings is 1. The summed E-state index contributed by atoms with van der Waals surface area (Å²) in [6.45, 7) is 4.45. The van der Waals surface area contributed by atoms with Crippen LogP contribution in [0.2, 0.25) is 0 Å². The second-order valence-corrected chi connectivity index (χ2v) is 6.40. The number of nitrogens with one attached hydrogen (secondary N) is 1. The summed E-state index contributed by atoms with van der Waals surface area (Å²) in [5.74, 6) is 0.752. The average Bonchev–Trinajstić information content (AvgIpc) is 2.86. The van der Waals surface area contributed by atoms with Crippen molar-refractivity contribution in [3.63, 3.8) is 0 Å². The van der Waals surface area contributed by atoms with Crippen LogP contribution < -0.4 is 5.32 Å². The van der Waals surface area contributed by atoms with E-state index in [0.29, 0.717) is 0 Å². The van der Waals surface area contributed by atoms with Crippen LogP contribution in [0.5, 0.6) is 0 Å². The zero-order valence-corrected chi connectivity index (χ0v) is 11.4. The van der Waals surface area contributed by atoms with E-state index in [1.54, 1.807) is 0 Å². The summed E-state index contributed by atoms with van der Waals surface area (Å²) in [7, 11) is 2.02. The van der Waals surface area contributed by atoms with Gasteiger partial charge in [0.2, 0.25) is 0 Å². The van der Waals surface area contributed by atoms with Gasteiger partial charge in [-0.3, -0.25) is 0 Å². The lowest BCUT2D eigenvalue weighted by molar-refractivity contribution is 0.421. The molecule has 16 heavy (non-hydrogen) atoms. The maximum atomic E-state index is 4.80. The van der Waals surface area contributed by atoms with Gasteiger partial charge in [0.1, 0.15) is 0 Å². The van der Waals surface area contributed by atoms with Gasteiger partial charge < -0.3 is 5.32 Å². The number of hydrogen-bond acceptors (Lipinski definition) is 3. The zero-order chi connectivity index (χ0) is 11.6. The molecule has 1 aromatic heterocycles. The molecule has 0 radical (unpaired) electrons. The molecule has 0 bridgehead atoms. The van der Waals surface area contributed by atoms with E-state index in [4.69, 9.17) is 4.98 Å². The van der Waals surface area contributed by atoms with Gasteiger partial charge in [-0.05, 0) is 33.7 Å². The maximum Gasteiger partial charge on any atom is 0.0946 e. The molecule has 0 aromatic carbocycles. The molecule has 1 aliphatic rings. The summed E-state index contributed by atoms with van der Waals surface area (Å²) >= 11 is 1.83. The van der Waals surface area contributed by atoms with Crippen LogP contribution in [0.15, 0.2) is 5.38 Å². The molecule has 1 aliphatic carbocycles. The second kappa shape index (κ2) is 4.84. The van der Waals surface area contributed by atoms with Gasteiger partial charge in [-0.15, -0.1) is 11.3 Å². The van der Waals surface area contributed by atoms with Crippen LogP contribution in [-0.4, -0.2) is 17.6 Å². The highest BCUT2D eigenvalue weighted by atomic mass is 32.1. The summed E-state index contributed by atoms with van der Waals surface area (Å²) in [5, 5.41) is 6.89. The smallest absolute Gasteiger partial charge is 0.0946 e. The summed E-state index contributed by atoms with van der Waals surface area (Å²) < 4.78 is 0. The largest absolute Gasteiger partial charge is 0.314 e. The summed E-state index contributed by atoms with van der Waals surface area (Å²) in [6.07, 6.45) is 6.50. The van der Waals surface area contributed by atoms with Crippen molar-refractivity contribution in [2.75, 3.05) is 7.05 Å².